The van der Waals surface area contributed by atoms with Gasteiger partial charge in [-0.05, 0) is 12.1 Å². The van der Waals surface area contributed by atoms with Crippen LogP contribution in [0.2, 0.25) is 0 Å². The molecule has 0 saturated heterocycles. The fourth-order valence-corrected chi connectivity index (χ4v) is 1.40. The summed E-state index contributed by atoms with van der Waals surface area (Å²) in [4.78, 5) is 22.6. The lowest BCUT2D eigenvalue weighted by atomic mass is 10.3. The van der Waals surface area contributed by atoms with Crippen molar-refractivity contribution in [1.29, 1.82) is 0 Å². The molecule has 94 valence electrons. The van der Waals surface area contributed by atoms with E-state index in [0.717, 1.165) is 17.1 Å². The summed E-state index contributed by atoms with van der Waals surface area (Å²) in [5, 5.41) is 3.22. The number of rotatable bonds is 2. The molecule has 1 aliphatic rings. The van der Waals surface area contributed by atoms with Gasteiger partial charge in [0.15, 0.2) is 0 Å². The highest BCUT2D eigenvalue weighted by Gasteiger charge is 2.17. The Labute approximate surface area is 101 Å². The van der Waals surface area contributed by atoms with Gasteiger partial charge in [-0.3, -0.25) is 4.79 Å². The van der Waals surface area contributed by atoms with Gasteiger partial charge in [0.1, 0.15) is 11.6 Å². The van der Waals surface area contributed by atoms with E-state index in [0.29, 0.717) is 6.07 Å². The monoisotopic (exact) mass is 253 g/mol. The molecule has 0 unspecified atom stereocenters. The molecule has 2 rings (SSSR count). The normalized spacial score (nSPS) is 13.9. The summed E-state index contributed by atoms with van der Waals surface area (Å²) in [6.45, 7) is 0.248. The second-order valence-electron chi connectivity index (χ2n) is 3.54. The van der Waals surface area contributed by atoms with Gasteiger partial charge in [-0.1, -0.05) is 6.08 Å². The number of hydrogen-bond donors (Lipinski definition) is 2. The largest absolute Gasteiger partial charge is 0.338 e. The lowest BCUT2D eigenvalue weighted by Gasteiger charge is -2.17. The minimum atomic E-state index is -0.893. The predicted molar refractivity (Wildman–Crippen MR) is 59.4 cm³/mol. The number of hydrazine groups is 1. The maximum absolute atomic E-state index is 13.2. The topological polar surface area (TPSA) is 61.4 Å². The third kappa shape index (κ3) is 2.62. The molecular formula is C11H9F2N3O2. The van der Waals surface area contributed by atoms with Crippen LogP contribution in [0.4, 0.5) is 19.3 Å². The van der Waals surface area contributed by atoms with Crippen molar-refractivity contribution in [1.82, 2.24) is 10.4 Å². The van der Waals surface area contributed by atoms with Gasteiger partial charge in [0.05, 0.1) is 12.2 Å². The van der Waals surface area contributed by atoms with Crippen molar-refractivity contribution in [3.63, 3.8) is 0 Å². The fraction of sp³-hybridized carbons (Fsp3) is 0.0909. The molecule has 0 aromatic heterocycles. The van der Waals surface area contributed by atoms with Crippen molar-refractivity contribution < 1.29 is 18.4 Å². The summed E-state index contributed by atoms with van der Waals surface area (Å²) in [5.41, 5.74) is 2.06. The lowest BCUT2D eigenvalue weighted by Crippen LogP contribution is -2.45. The first-order valence-corrected chi connectivity index (χ1v) is 5.07. The van der Waals surface area contributed by atoms with Gasteiger partial charge in [0, 0.05) is 12.1 Å². The van der Waals surface area contributed by atoms with Gasteiger partial charge in [-0.25, -0.2) is 24.0 Å². The molecule has 5 nitrogen and oxygen atoms in total. The molecule has 1 aromatic carbocycles. The highest BCUT2D eigenvalue weighted by molar-refractivity contribution is 5.94. The van der Waals surface area contributed by atoms with E-state index in [2.05, 4.69) is 10.7 Å². The van der Waals surface area contributed by atoms with Gasteiger partial charge in [0.2, 0.25) is 0 Å². The van der Waals surface area contributed by atoms with Crippen LogP contribution in [0, 0.1) is 11.6 Å². The summed E-state index contributed by atoms with van der Waals surface area (Å²) in [6.07, 6.45) is 2.87. The van der Waals surface area contributed by atoms with E-state index in [1.807, 2.05) is 0 Å². The summed E-state index contributed by atoms with van der Waals surface area (Å²) < 4.78 is 25.9. The number of benzene rings is 1. The van der Waals surface area contributed by atoms with Crippen LogP contribution in [-0.4, -0.2) is 23.5 Å². The highest BCUT2D eigenvalue weighted by Crippen LogP contribution is 2.14. The molecule has 0 atom stereocenters. The Hall–Kier alpha value is -2.44. The van der Waals surface area contributed by atoms with E-state index < -0.39 is 17.7 Å². The van der Waals surface area contributed by atoms with Crippen LogP contribution in [0.1, 0.15) is 0 Å². The number of halogens is 2. The van der Waals surface area contributed by atoms with E-state index in [1.165, 1.54) is 6.08 Å². The third-order valence-electron chi connectivity index (χ3n) is 2.23. The minimum Gasteiger partial charge on any atom is -0.304 e. The van der Waals surface area contributed by atoms with Gasteiger partial charge < -0.3 is 5.32 Å². The first-order chi connectivity index (χ1) is 8.56. The maximum atomic E-state index is 13.2. The average molecular weight is 253 g/mol. The Morgan fingerprint density at radius 3 is 2.72 bits per heavy atom. The zero-order valence-corrected chi connectivity index (χ0v) is 9.11. The Morgan fingerprint density at radius 2 is 2.11 bits per heavy atom. The molecule has 2 N–H and O–H groups in total. The number of nitrogens with zero attached hydrogens (tertiary/aromatic N) is 1. The van der Waals surface area contributed by atoms with Gasteiger partial charge >= 0.3 is 6.03 Å². The second-order valence-corrected chi connectivity index (χ2v) is 3.54. The summed E-state index contributed by atoms with van der Waals surface area (Å²) in [7, 11) is 0. The van der Waals surface area contributed by atoms with Crippen LogP contribution in [0.5, 0.6) is 0 Å². The number of amides is 3. The Balaban J connectivity index is 1.97. The SMILES string of the molecule is O=C(Nc1ccc(F)cc1F)NN1CC=CC1=O. The Morgan fingerprint density at radius 1 is 1.33 bits per heavy atom. The van der Waals surface area contributed by atoms with E-state index in [-0.39, 0.29) is 18.1 Å². The second kappa shape index (κ2) is 4.82. The van der Waals surface area contributed by atoms with E-state index >= 15 is 0 Å². The fourth-order valence-electron chi connectivity index (χ4n) is 1.40. The third-order valence-corrected chi connectivity index (χ3v) is 2.23. The average Bonchev–Trinajstić information content (AvgIpc) is 2.69. The number of nitrogens with one attached hydrogen (secondary N) is 2. The van der Waals surface area contributed by atoms with Gasteiger partial charge in [0.25, 0.3) is 5.91 Å². The van der Waals surface area contributed by atoms with Crippen LogP contribution < -0.4 is 10.7 Å². The molecule has 0 aliphatic carbocycles. The van der Waals surface area contributed by atoms with Gasteiger partial charge in [-0.15, -0.1) is 0 Å². The molecule has 0 saturated carbocycles. The quantitative estimate of drug-likeness (QED) is 0.836. The number of urea groups is 1. The van der Waals surface area contributed by atoms with E-state index in [1.54, 1.807) is 6.08 Å². The standard InChI is InChI=1S/C11H9F2N3O2/c12-7-3-4-9(8(13)6-7)14-11(18)15-16-5-1-2-10(16)17/h1-4,6H,5H2,(H2,14,15,18). The highest BCUT2D eigenvalue weighted by atomic mass is 19.1. The molecule has 7 heteroatoms. The number of anilines is 1. The first kappa shape index (κ1) is 12.0. The molecule has 0 fully saturated rings. The Bertz CT molecular complexity index is 531. The molecule has 18 heavy (non-hydrogen) atoms. The molecule has 0 bridgehead atoms. The molecule has 1 aliphatic heterocycles. The molecule has 1 aromatic rings. The van der Waals surface area contributed by atoms with Crippen molar-refractivity contribution in [3.05, 3.63) is 42.0 Å². The molecular weight excluding hydrogens is 244 g/mol. The smallest absolute Gasteiger partial charge is 0.304 e. The van der Waals surface area contributed by atoms with Crippen LogP contribution in [0.25, 0.3) is 0 Å². The number of carbonyl (C=O) groups excluding carboxylic acids is 2. The van der Waals surface area contributed by atoms with E-state index in [9.17, 15) is 18.4 Å². The summed E-state index contributed by atoms with van der Waals surface area (Å²) >= 11 is 0. The number of carbonyl (C=O) groups is 2. The van der Waals surface area contributed by atoms with Crippen LogP contribution >= 0.6 is 0 Å². The zero-order chi connectivity index (χ0) is 13.1. The molecule has 1 heterocycles. The summed E-state index contributed by atoms with van der Waals surface area (Å²) in [6, 6.07) is 1.98. The van der Waals surface area contributed by atoms with Crippen molar-refractivity contribution in [3.8, 4) is 0 Å². The summed E-state index contributed by atoms with van der Waals surface area (Å²) in [5.74, 6) is -2.00. The first-order valence-electron chi connectivity index (χ1n) is 5.07. The van der Waals surface area contributed by atoms with Crippen molar-refractivity contribution >= 4 is 17.6 Å². The Kier molecular flexibility index (Phi) is 3.22. The van der Waals surface area contributed by atoms with Crippen molar-refractivity contribution in [2.24, 2.45) is 0 Å². The molecule has 0 spiro atoms. The lowest BCUT2D eigenvalue weighted by molar-refractivity contribution is -0.126. The van der Waals surface area contributed by atoms with Crippen molar-refractivity contribution in [2.45, 2.75) is 0 Å². The van der Waals surface area contributed by atoms with Crippen LogP contribution in [0.15, 0.2) is 30.4 Å². The maximum Gasteiger partial charge on any atom is 0.338 e. The van der Waals surface area contributed by atoms with Crippen LogP contribution in [-0.2, 0) is 4.79 Å². The van der Waals surface area contributed by atoms with Gasteiger partial charge in [-0.2, -0.15) is 0 Å². The minimum absolute atomic E-state index is 0.173. The predicted octanol–water partition coefficient (Wildman–Crippen LogP) is 1.40. The van der Waals surface area contributed by atoms with Crippen LogP contribution in [0.3, 0.4) is 0 Å². The van der Waals surface area contributed by atoms with Crippen molar-refractivity contribution in [2.75, 3.05) is 11.9 Å². The van der Waals surface area contributed by atoms with E-state index in [4.69, 9.17) is 0 Å². The zero-order valence-electron chi connectivity index (χ0n) is 9.11. The molecule has 3 amide bonds. The molecule has 0 radical (unpaired) electrons. The number of hydrogen-bond acceptors (Lipinski definition) is 2.